The average molecular weight is 410 g/mol. The number of rotatable bonds is 6. The summed E-state index contributed by atoms with van der Waals surface area (Å²) in [6, 6.07) is 8.84. The number of pyridine rings is 1. The van der Waals surface area contributed by atoms with Crippen LogP contribution in [0.5, 0.6) is 0 Å². The van der Waals surface area contributed by atoms with Crippen molar-refractivity contribution in [1.29, 1.82) is 0 Å². The summed E-state index contributed by atoms with van der Waals surface area (Å²) in [5.74, 6) is -0.241. The third-order valence-electron chi connectivity index (χ3n) is 4.75. The van der Waals surface area contributed by atoms with Crippen molar-refractivity contribution in [3.63, 3.8) is 0 Å². The van der Waals surface area contributed by atoms with Crippen LogP contribution in [0.2, 0.25) is 5.02 Å². The van der Waals surface area contributed by atoms with Crippen molar-refractivity contribution < 1.29 is 9.90 Å². The van der Waals surface area contributed by atoms with Gasteiger partial charge in [-0.25, -0.2) is 14.8 Å². The number of carboxylic acid groups (broad SMARTS) is 1. The molecule has 0 radical (unpaired) electrons. The van der Waals surface area contributed by atoms with E-state index in [2.05, 4.69) is 19.9 Å². The molecule has 29 heavy (non-hydrogen) atoms. The zero-order valence-electron chi connectivity index (χ0n) is 16.0. The summed E-state index contributed by atoms with van der Waals surface area (Å²) in [6.45, 7) is 0.837. The Morgan fingerprint density at radius 2 is 2.07 bits per heavy atom. The van der Waals surface area contributed by atoms with Crippen LogP contribution in [0.15, 0.2) is 42.7 Å². The second-order valence-corrected chi connectivity index (χ2v) is 7.47. The number of halogens is 1. The molecule has 148 valence electrons. The molecule has 0 aliphatic heterocycles. The van der Waals surface area contributed by atoms with E-state index in [1.807, 2.05) is 32.4 Å². The van der Waals surface area contributed by atoms with E-state index >= 15 is 0 Å². The van der Waals surface area contributed by atoms with Crippen LogP contribution < -0.4 is 0 Å². The maximum absolute atomic E-state index is 11.6. The third-order valence-corrected chi connectivity index (χ3v) is 5.08. The first-order valence-corrected chi connectivity index (χ1v) is 9.51. The summed E-state index contributed by atoms with van der Waals surface area (Å²) in [4.78, 5) is 29.4. The second-order valence-electron chi connectivity index (χ2n) is 7.06. The van der Waals surface area contributed by atoms with Gasteiger partial charge in [0.1, 0.15) is 11.5 Å². The fraction of sp³-hybridized carbons (Fsp3) is 0.190. The summed E-state index contributed by atoms with van der Waals surface area (Å²) < 4.78 is 0. The summed E-state index contributed by atoms with van der Waals surface area (Å²) in [7, 11) is 4.02. The lowest BCUT2D eigenvalue weighted by molar-refractivity contribution is 0.0697. The SMILES string of the molecule is CN(C)CCc1nc(-c2ccc(Cl)c(C(=O)O)c2)c(-c2ccnc3[nH]ccc23)[nH]1. The highest BCUT2D eigenvalue weighted by atomic mass is 35.5. The lowest BCUT2D eigenvalue weighted by Gasteiger charge is -2.07. The molecule has 0 atom stereocenters. The van der Waals surface area contributed by atoms with Crippen molar-refractivity contribution in [2.24, 2.45) is 0 Å². The number of aromatic carboxylic acids is 1. The zero-order valence-corrected chi connectivity index (χ0v) is 16.8. The van der Waals surface area contributed by atoms with E-state index in [1.165, 1.54) is 0 Å². The topological polar surface area (TPSA) is 97.9 Å². The monoisotopic (exact) mass is 409 g/mol. The van der Waals surface area contributed by atoms with Crippen LogP contribution in [0.25, 0.3) is 33.5 Å². The highest BCUT2D eigenvalue weighted by molar-refractivity contribution is 6.33. The number of benzene rings is 1. The molecule has 3 N–H and O–H groups in total. The second kappa shape index (κ2) is 7.69. The van der Waals surface area contributed by atoms with Gasteiger partial charge in [-0.3, -0.25) is 0 Å². The molecule has 0 bridgehead atoms. The third kappa shape index (κ3) is 3.74. The molecule has 0 aliphatic rings. The van der Waals surface area contributed by atoms with Gasteiger partial charge in [0.25, 0.3) is 0 Å². The minimum Gasteiger partial charge on any atom is -0.478 e. The van der Waals surface area contributed by atoms with Crippen LogP contribution in [-0.4, -0.2) is 56.6 Å². The predicted octanol–water partition coefficient (Wildman–Crippen LogP) is 4.08. The molecule has 0 saturated carbocycles. The minimum atomic E-state index is -1.07. The van der Waals surface area contributed by atoms with Gasteiger partial charge in [-0.15, -0.1) is 0 Å². The van der Waals surface area contributed by atoms with Gasteiger partial charge >= 0.3 is 5.97 Å². The van der Waals surface area contributed by atoms with Gasteiger partial charge in [0.15, 0.2) is 0 Å². The van der Waals surface area contributed by atoms with E-state index in [9.17, 15) is 9.90 Å². The standard InChI is InChI=1S/C21H20ClN5O2/c1-27(2)10-7-17-25-18(12-3-4-16(22)15(11-12)21(28)29)19(26-17)13-5-8-23-20-14(13)6-9-24-20/h3-6,8-9,11H,7,10H2,1-2H3,(H,23,24)(H,25,26)(H,28,29). The molecule has 0 fully saturated rings. The maximum atomic E-state index is 11.6. The van der Waals surface area contributed by atoms with Crippen LogP contribution in [0, 0.1) is 0 Å². The van der Waals surface area contributed by atoms with Gasteiger partial charge in [-0.1, -0.05) is 17.7 Å². The minimum absolute atomic E-state index is 0.0504. The largest absolute Gasteiger partial charge is 0.478 e. The molecule has 3 heterocycles. The molecule has 0 saturated heterocycles. The number of carbonyl (C=O) groups is 1. The molecule has 4 rings (SSSR count). The van der Waals surface area contributed by atoms with Gasteiger partial charge < -0.3 is 20.0 Å². The molecule has 3 aromatic heterocycles. The van der Waals surface area contributed by atoms with Crippen LogP contribution in [0.1, 0.15) is 16.2 Å². The van der Waals surface area contributed by atoms with Crippen molar-refractivity contribution >= 4 is 28.6 Å². The Balaban J connectivity index is 1.90. The Hall–Kier alpha value is -3.16. The Kier molecular flexibility index (Phi) is 5.08. The van der Waals surface area contributed by atoms with Crippen LogP contribution in [0.3, 0.4) is 0 Å². The summed E-state index contributed by atoms with van der Waals surface area (Å²) in [6.07, 6.45) is 4.32. The molecule has 8 heteroatoms. The Bertz CT molecular complexity index is 1190. The normalized spacial score (nSPS) is 11.4. The van der Waals surface area contributed by atoms with E-state index in [4.69, 9.17) is 16.6 Å². The molecule has 1 aromatic carbocycles. The van der Waals surface area contributed by atoms with Gasteiger partial charge in [0.2, 0.25) is 0 Å². The van der Waals surface area contributed by atoms with Crippen molar-refractivity contribution in [1.82, 2.24) is 24.8 Å². The van der Waals surface area contributed by atoms with Crippen molar-refractivity contribution in [3.05, 3.63) is 59.1 Å². The Morgan fingerprint density at radius 1 is 1.24 bits per heavy atom. The van der Waals surface area contributed by atoms with Gasteiger partial charge in [-0.05, 0) is 38.4 Å². The molecule has 4 aromatic rings. The number of carboxylic acids is 1. The number of likely N-dealkylation sites (N-methyl/N-ethyl adjacent to an activating group) is 1. The smallest absolute Gasteiger partial charge is 0.337 e. The van der Waals surface area contributed by atoms with Gasteiger partial charge in [0.05, 0.1) is 22.0 Å². The van der Waals surface area contributed by atoms with E-state index in [1.54, 1.807) is 24.4 Å². The molecule has 0 spiro atoms. The lowest BCUT2D eigenvalue weighted by atomic mass is 10.0. The van der Waals surface area contributed by atoms with E-state index in [-0.39, 0.29) is 10.6 Å². The predicted molar refractivity (Wildman–Crippen MR) is 113 cm³/mol. The first kappa shape index (κ1) is 19.2. The van der Waals surface area contributed by atoms with Crippen LogP contribution in [-0.2, 0) is 6.42 Å². The fourth-order valence-electron chi connectivity index (χ4n) is 3.29. The average Bonchev–Trinajstić information content (AvgIpc) is 3.33. The van der Waals surface area contributed by atoms with E-state index in [0.717, 1.165) is 41.1 Å². The Labute approximate surface area is 172 Å². The van der Waals surface area contributed by atoms with E-state index in [0.29, 0.717) is 11.3 Å². The highest BCUT2D eigenvalue weighted by Crippen LogP contribution is 2.35. The number of imidazole rings is 1. The van der Waals surface area contributed by atoms with Crippen LogP contribution >= 0.6 is 11.6 Å². The lowest BCUT2D eigenvalue weighted by Crippen LogP contribution is -2.15. The van der Waals surface area contributed by atoms with Gasteiger partial charge in [-0.2, -0.15) is 0 Å². The van der Waals surface area contributed by atoms with E-state index < -0.39 is 5.97 Å². The number of hydrogen-bond acceptors (Lipinski definition) is 4. The first-order chi connectivity index (χ1) is 13.9. The van der Waals surface area contributed by atoms with Crippen molar-refractivity contribution in [2.75, 3.05) is 20.6 Å². The number of nitrogens with zero attached hydrogens (tertiary/aromatic N) is 3. The number of fused-ring (bicyclic) bond motifs is 1. The van der Waals surface area contributed by atoms with Gasteiger partial charge in [0, 0.05) is 41.9 Å². The molecule has 0 aliphatic carbocycles. The molecular formula is C21H20ClN5O2. The number of hydrogen-bond donors (Lipinski definition) is 3. The summed E-state index contributed by atoms with van der Waals surface area (Å²) in [5, 5.41) is 10.6. The maximum Gasteiger partial charge on any atom is 0.337 e. The van der Waals surface area contributed by atoms with Crippen molar-refractivity contribution in [3.8, 4) is 22.5 Å². The molecule has 0 unspecified atom stereocenters. The highest BCUT2D eigenvalue weighted by Gasteiger charge is 2.19. The quantitative estimate of drug-likeness (QED) is 0.446. The molecule has 0 amide bonds. The molecular weight excluding hydrogens is 390 g/mol. The number of aromatic nitrogens is 4. The fourth-order valence-corrected chi connectivity index (χ4v) is 3.49. The molecule has 7 nitrogen and oxygen atoms in total. The number of H-pyrrole nitrogens is 2. The number of aromatic amines is 2. The Morgan fingerprint density at radius 3 is 2.83 bits per heavy atom. The first-order valence-electron chi connectivity index (χ1n) is 9.13. The van der Waals surface area contributed by atoms with Crippen LogP contribution in [0.4, 0.5) is 0 Å². The summed E-state index contributed by atoms with van der Waals surface area (Å²) >= 11 is 6.06. The number of nitrogens with one attached hydrogen (secondary N) is 2. The summed E-state index contributed by atoms with van der Waals surface area (Å²) in [5.41, 5.74) is 3.97. The van der Waals surface area contributed by atoms with Crippen molar-refractivity contribution in [2.45, 2.75) is 6.42 Å². The zero-order chi connectivity index (χ0) is 20.5.